The lowest BCUT2D eigenvalue weighted by Gasteiger charge is -2.33. The van der Waals surface area contributed by atoms with E-state index in [1.54, 1.807) is 0 Å². The van der Waals surface area contributed by atoms with Gasteiger partial charge in [-0.05, 0) is 44.0 Å². The Labute approximate surface area is 128 Å². The topological polar surface area (TPSA) is 35.7 Å². The average molecular weight is 288 g/mol. The minimum atomic E-state index is 0.948. The zero-order valence-corrected chi connectivity index (χ0v) is 13.2. The number of piperidine rings is 1. The fourth-order valence-corrected chi connectivity index (χ4v) is 3.39. The van der Waals surface area contributed by atoms with E-state index in [2.05, 4.69) is 39.9 Å². The summed E-state index contributed by atoms with van der Waals surface area (Å²) in [5.41, 5.74) is 9.84. The zero-order chi connectivity index (χ0) is 14.7. The average Bonchev–Trinajstić information content (AvgIpc) is 2.51. The van der Waals surface area contributed by atoms with Gasteiger partial charge in [-0.15, -0.1) is 0 Å². The molecule has 0 saturated carbocycles. The Morgan fingerprint density at radius 3 is 2.33 bits per heavy atom. The maximum Gasteiger partial charge on any atom is 0.0600 e. The Morgan fingerprint density at radius 2 is 1.67 bits per heavy atom. The van der Waals surface area contributed by atoms with Crippen LogP contribution in [0.4, 0.5) is 11.4 Å². The van der Waals surface area contributed by atoms with E-state index < -0.39 is 0 Å². The Kier molecular flexibility index (Phi) is 4.66. The van der Waals surface area contributed by atoms with Gasteiger partial charge >= 0.3 is 0 Å². The van der Waals surface area contributed by atoms with Crippen molar-refractivity contribution in [2.45, 2.75) is 25.8 Å². The lowest BCUT2D eigenvalue weighted by Crippen LogP contribution is -2.43. The summed E-state index contributed by atoms with van der Waals surface area (Å²) in [6.45, 7) is 7.99. The van der Waals surface area contributed by atoms with Crippen molar-refractivity contribution in [1.82, 2.24) is 9.80 Å². The molecule has 21 heavy (non-hydrogen) atoms. The van der Waals surface area contributed by atoms with Gasteiger partial charge in [0.1, 0.15) is 0 Å². The summed E-state index contributed by atoms with van der Waals surface area (Å²) in [6, 6.07) is 6.67. The third kappa shape index (κ3) is 3.69. The fraction of sp³-hybridized carbons (Fsp3) is 0.647. The number of hydrogen-bond donors (Lipinski definition) is 1. The van der Waals surface area contributed by atoms with Crippen molar-refractivity contribution in [2.75, 3.05) is 56.9 Å². The molecule has 2 aliphatic rings. The lowest BCUT2D eigenvalue weighted by molar-refractivity contribution is 0.148. The van der Waals surface area contributed by atoms with Crippen LogP contribution in [0.3, 0.4) is 0 Å². The Balaban J connectivity index is 1.63. The van der Waals surface area contributed by atoms with Gasteiger partial charge in [-0.2, -0.15) is 0 Å². The number of rotatable bonds is 3. The number of nitrogen functional groups attached to an aromatic ring is 1. The van der Waals surface area contributed by atoms with Crippen LogP contribution in [-0.2, 0) is 6.54 Å². The SMILES string of the molecule is CN1CCN(Cc2ccc(N3CCCCC3)c(N)c2)CC1. The van der Waals surface area contributed by atoms with Crippen molar-refractivity contribution in [2.24, 2.45) is 0 Å². The number of benzene rings is 1. The number of anilines is 2. The number of nitrogens with two attached hydrogens (primary N) is 1. The van der Waals surface area contributed by atoms with Crippen LogP contribution in [0.5, 0.6) is 0 Å². The van der Waals surface area contributed by atoms with Crippen LogP contribution in [0, 0.1) is 0 Å². The standard InChI is InChI=1S/C17H28N4/c1-19-9-11-20(12-10-19)14-15-5-6-17(16(18)13-15)21-7-3-2-4-8-21/h5-6,13H,2-4,7-12,14,18H2,1H3. The molecule has 0 amide bonds. The summed E-state index contributed by atoms with van der Waals surface area (Å²) in [7, 11) is 2.20. The molecule has 2 N–H and O–H groups in total. The van der Waals surface area contributed by atoms with E-state index in [1.165, 1.54) is 43.6 Å². The highest BCUT2D eigenvalue weighted by molar-refractivity contribution is 5.68. The van der Waals surface area contributed by atoms with Gasteiger partial charge in [-0.3, -0.25) is 4.90 Å². The molecule has 0 radical (unpaired) electrons. The summed E-state index contributed by atoms with van der Waals surface area (Å²) < 4.78 is 0. The molecule has 4 nitrogen and oxygen atoms in total. The molecule has 2 saturated heterocycles. The maximum absolute atomic E-state index is 6.31. The molecule has 0 aromatic heterocycles. The molecule has 4 heteroatoms. The molecular formula is C17H28N4. The summed E-state index contributed by atoms with van der Waals surface area (Å²) in [4.78, 5) is 7.36. The van der Waals surface area contributed by atoms with E-state index in [0.717, 1.165) is 38.4 Å². The van der Waals surface area contributed by atoms with Crippen molar-refractivity contribution in [3.05, 3.63) is 23.8 Å². The molecule has 0 atom stereocenters. The molecule has 1 aromatic carbocycles. The Bertz CT molecular complexity index is 460. The van der Waals surface area contributed by atoms with E-state index in [-0.39, 0.29) is 0 Å². The molecule has 2 aliphatic heterocycles. The highest BCUT2D eigenvalue weighted by atomic mass is 15.2. The van der Waals surface area contributed by atoms with E-state index in [4.69, 9.17) is 5.73 Å². The monoisotopic (exact) mass is 288 g/mol. The van der Waals surface area contributed by atoms with Crippen LogP contribution in [0.2, 0.25) is 0 Å². The minimum absolute atomic E-state index is 0.948. The van der Waals surface area contributed by atoms with Crippen molar-refractivity contribution in [3.63, 3.8) is 0 Å². The number of likely N-dealkylation sites (N-methyl/N-ethyl adjacent to an activating group) is 1. The highest BCUT2D eigenvalue weighted by Crippen LogP contribution is 2.27. The Hall–Kier alpha value is -1.26. The minimum Gasteiger partial charge on any atom is -0.397 e. The highest BCUT2D eigenvalue weighted by Gasteiger charge is 2.16. The number of nitrogens with zero attached hydrogens (tertiary/aromatic N) is 3. The number of hydrogen-bond acceptors (Lipinski definition) is 4. The van der Waals surface area contributed by atoms with Gasteiger partial charge in [0.2, 0.25) is 0 Å². The van der Waals surface area contributed by atoms with Crippen LogP contribution in [0.25, 0.3) is 0 Å². The van der Waals surface area contributed by atoms with Gasteiger partial charge < -0.3 is 15.5 Å². The summed E-state index contributed by atoms with van der Waals surface area (Å²) in [5, 5.41) is 0. The van der Waals surface area contributed by atoms with Crippen molar-refractivity contribution < 1.29 is 0 Å². The first-order valence-electron chi connectivity index (χ1n) is 8.26. The molecule has 2 heterocycles. The van der Waals surface area contributed by atoms with Gasteiger partial charge in [0, 0.05) is 45.8 Å². The Morgan fingerprint density at radius 1 is 0.952 bits per heavy atom. The maximum atomic E-state index is 6.31. The third-order valence-electron chi connectivity index (χ3n) is 4.79. The van der Waals surface area contributed by atoms with Gasteiger partial charge in [-0.1, -0.05) is 6.07 Å². The predicted molar refractivity (Wildman–Crippen MR) is 89.7 cm³/mol. The molecule has 0 unspecified atom stereocenters. The first-order valence-corrected chi connectivity index (χ1v) is 8.26. The van der Waals surface area contributed by atoms with Gasteiger partial charge in [0.25, 0.3) is 0 Å². The fourth-order valence-electron chi connectivity index (χ4n) is 3.39. The zero-order valence-electron chi connectivity index (χ0n) is 13.2. The van der Waals surface area contributed by atoms with Gasteiger partial charge in [0.05, 0.1) is 11.4 Å². The molecule has 2 fully saturated rings. The largest absolute Gasteiger partial charge is 0.397 e. The first-order chi connectivity index (χ1) is 10.2. The smallest absolute Gasteiger partial charge is 0.0600 e. The summed E-state index contributed by atoms with van der Waals surface area (Å²) in [6.07, 6.45) is 3.95. The van der Waals surface area contributed by atoms with Gasteiger partial charge in [-0.25, -0.2) is 0 Å². The second-order valence-corrected chi connectivity index (χ2v) is 6.52. The van der Waals surface area contributed by atoms with Crippen LogP contribution < -0.4 is 10.6 Å². The molecular weight excluding hydrogens is 260 g/mol. The van der Waals surface area contributed by atoms with E-state index in [9.17, 15) is 0 Å². The van der Waals surface area contributed by atoms with Crippen LogP contribution in [0.1, 0.15) is 24.8 Å². The van der Waals surface area contributed by atoms with Crippen molar-refractivity contribution in [3.8, 4) is 0 Å². The normalized spacial score (nSPS) is 21.7. The third-order valence-corrected chi connectivity index (χ3v) is 4.79. The van der Waals surface area contributed by atoms with Crippen LogP contribution >= 0.6 is 0 Å². The predicted octanol–water partition coefficient (Wildman–Crippen LogP) is 2.01. The summed E-state index contributed by atoms with van der Waals surface area (Å²) in [5.74, 6) is 0. The lowest BCUT2D eigenvalue weighted by atomic mass is 10.1. The van der Waals surface area contributed by atoms with Crippen molar-refractivity contribution in [1.29, 1.82) is 0 Å². The van der Waals surface area contributed by atoms with E-state index in [1.807, 2.05) is 0 Å². The van der Waals surface area contributed by atoms with E-state index in [0.29, 0.717) is 0 Å². The number of piperazine rings is 1. The van der Waals surface area contributed by atoms with E-state index >= 15 is 0 Å². The second-order valence-electron chi connectivity index (χ2n) is 6.52. The van der Waals surface area contributed by atoms with Crippen molar-refractivity contribution >= 4 is 11.4 Å². The summed E-state index contributed by atoms with van der Waals surface area (Å²) >= 11 is 0. The molecule has 116 valence electrons. The molecule has 1 aromatic rings. The molecule has 3 rings (SSSR count). The van der Waals surface area contributed by atoms with Crippen LogP contribution in [0.15, 0.2) is 18.2 Å². The molecule has 0 bridgehead atoms. The molecule has 0 aliphatic carbocycles. The molecule has 0 spiro atoms. The van der Waals surface area contributed by atoms with Gasteiger partial charge in [0.15, 0.2) is 0 Å². The second kappa shape index (κ2) is 6.67. The van der Waals surface area contributed by atoms with Crippen LogP contribution in [-0.4, -0.2) is 56.1 Å². The first kappa shape index (κ1) is 14.7. The quantitative estimate of drug-likeness (QED) is 0.863.